The maximum Gasteiger partial charge on any atom is 0.105 e. The molecule has 1 N–H and O–H groups in total. The van der Waals surface area contributed by atoms with Gasteiger partial charge in [0.05, 0.1) is 0 Å². The summed E-state index contributed by atoms with van der Waals surface area (Å²) in [7, 11) is 1.97. The lowest BCUT2D eigenvalue weighted by atomic mass is 10.1. The number of furan rings is 1. The number of nitrogens with zero attached hydrogens (tertiary/aromatic N) is 2. The maximum absolute atomic E-state index is 5.55. The molecule has 0 spiro atoms. The monoisotopic (exact) mass is 247 g/mol. The Morgan fingerprint density at radius 3 is 2.78 bits per heavy atom. The molecule has 2 aromatic rings. The molecular weight excluding hydrogens is 226 g/mol. The van der Waals surface area contributed by atoms with Crippen molar-refractivity contribution in [3.8, 4) is 0 Å². The van der Waals surface area contributed by atoms with Crippen LogP contribution in [0.25, 0.3) is 0 Å². The standard InChI is InChI=1S/C14H21N3O/c1-10-9-14(12(3)18-10)11(2)15-7-5-13-6-8-16-17(13)4/h6,8-9,11,15H,5,7H2,1-4H3/t11-/m0/s1. The van der Waals surface area contributed by atoms with Crippen LogP contribution in [0.5, 0.6) is 0 Å². The fourth-order valence-electron chi connectivity index (χ4n) is 2.25. The van der Waals surface area contributed by atoms with Crippen molar-refractivity contribution >= 4 is 0 Å². The Morgan fingerprint density at radius 2 is 2.22 bits per heavy atom. The molecule has 0 fully saturated rings. The average molecular weight is 247 g/mol. The molecule has 4 heteroatoms. The summed E-state index contributed by atoms with van der Waals surface area (Å²) >= 11 is 0. The van der Waals surface area contributed by atoms with Crippen molar-refractivity contribution in [3.05, 3.63) is 41.1 Å². The smallest absolute Gasteiger partial charge is 0.105 e. The van der Waals surface area contributed by atoms with Gasteiger partial charge in [0.1, 0.15) is 11.5 Å². The van der Waals surface area contributed by atoms with Gasteiger partial charge in [-0.05, 0) is 32.9 Å². The minimum Gasteiger partial charge on any atom is -0.466 e. The summed E-state index contributed by atoms with van der Waals surface area (Å²) in [5.74, 6) is 1.98. The Morgan fingerprint density at radius 1 is 1.44 bits per heavy atom. The molecule has 2 heterocycles. The summed E-state index contributed by atoms with van der Waals surface area (Å²) in [6.45, 7) is 7.10. The summed E-state index contributed by atoms with van der Waals surface area (Å²) in [5.41, 5.74) is 2.49. The third-order valence-electron chi connectivity index (χ3n) is 3.30. The average Bonchev–Trinajstić information content (AvgIpc) is 2.85. The fraction of sp³-hybridized carbons (Fsp3) is 0.500. The van der Waals surface area contributed by atoms with Crippen LogP contribution >= 0.6 is 0 Å². The lowest BCUT2D eigenvalue weighted by Crippen LogP contribution is -2.22. The van der Waals surface area contributed by atoms with E-state index >= 15 is 0 Å². The van der Waals surface area contributed by atoms with Crippen LogP contribution in [0.2, 0.25) is 0 Å². The van der Waals surface area contributed by atoms with Crippen LogP contribution in [0.3, 0.4) is 0 Å². The molecule has 0 aliphatic rings. The van der Waals surface area contributed by atoms with E-state index in [1.54, 1.807) is 0 Å². The summed E-state index contributed by atoms with van der Waals surface area (Å²) < 4.78 is 7.47. The highest BCUT2D eigenvalue weighted by atomic mass is 16.3. The van der Waals surface area contributed by atoms with Gasteiger partial charge in [-0.25, -0.2) is 0 Å². The lowest BCUT2D eigenvalue weighted by molar-refractivity contribution is 0.489. The lowest BCUT2D eigenvalue weighted by Gasteiger charge is -2.13. The van der Waals surface area contributed by atoms with Crippen molar-refractivity contribution in [2.45, 2.75) is 33.2 Å². The highest BCUT2D eigenvalue weighted by Gasteiger charge is 2.11. The summed E-state index contributed by atoms with van der Waals surface area (Å²) in [5, 5.41) is 7.68. The molecule has 0 saturated heterocycles. The van der Waals surface area contributed by atoms with Gasteiger partial charge < -0.3 is 9.73 Å². The normalized spacial score (nSPS) is 12.9. The molecule has 0 radical (unpaired) electrons. The maximum atomic E-state index is 5.55. The largest absolute Gasteiger partial charge is 0.466 e. The molecule has 18 heavy (non-hydrogen) atoms. The molecule has 0 bridgehead atoms. The molecule has 0 amide bonds. The van der Waals surface area contributed by atoms with E-state index in [9.17, 15) is 0 Å². The van der Waals surface area contributed by atoms with Gasteiger partial charge in [-0.15, -0.1) is 0 Å². The van der Waals surface area contributed by atoms with Crippen molar-refractivity contribution < 1.29 is 4.42 Å². The van der Waals surface area contributed by atoms with E-state index in [0.29, 0.717) is 6.04 Å². The fourth-order valence-corrected chi connectivity index (χ4v) is 2.25. The zero-order valence-corrected chi connectivity index (χ0v) is 11.5. The Labute approximate surface area is 108 Å². The topological polar surface area (TPSA) is 43.0 Å². The molecule has 0 aromatic carbocycles. The highest BCUT2D eigenvalue weighted by Crippen LogP contribution is 2.20. The molecule has 0 aliphatic heterocycles. The number of aryl methyl sites for hydroxylation is 3. The first-order valence-corrected chi connectivity index (χ1v) is 6.35. The van der Waals surface area contributed by atoms with Gasteiger partial charge in [-0.1, -0.05) is 0 Å². The predicted octanol–water partition coefficient (Wildman–Crippen LogP) is 2.52. The minimum absolute atomic E-state index is 0.315. The van der Waals surface area contributed by atoms with Crippen LogP contribution in [0.4, 0.5) is 0 Å². The highest BCUT2D eigenvalue weighted by molar-refractivity contribution is 5.23. The number of nitrogens with one attached hydrogen (secondary N) is 1. The molecule has 0 aliphatic carbocycles. The van der Waals surface area contributed by atoms with Crippen molar-refractivity contribution in [1.29, 1.82) is 0 Å². The van der Waals surface area contributed by atoms with Gasteiger partial charge in [-0.2, -0.15) is 5.10 Å². The van der Waals surface area contributed by atoms with Crippen molar-refractivity contribution in [2.75, 3.05) is 6.54 Å². The van der Waals surface area contributed by atoms with E-state index in [1.165, 1.54) is 11.3 Å². The number of aromatic nitrogens is 2. The second kappa shape index (κ2) is 5.40. The second-order valence-corrected chi connectivity index (χ2v) is 4.74. The van der Waals surface area contributed by atoms with Gasteiger partial charge in [0.15, 0.2) is 0 Å². The Balaban J connectivity index is 1.87. The van der Waals surface area contributed by atoms with Crippen LogP contribution in [-0.2, 0) is 13.5 Å². The predicted molar refractivity (Wildman–Crippen MR) is 71.5 cm³/mol. The van der Waals surface area contributed by atoms with E-state index in [2.05, 4.69) is 29.5 Å². The molecule has 2 rings (SSSR count). The van der Waals surface area contributed by atoms with E-state index in [-0.39, 0.29) is 0 Å². The van der Waals surface area contributed by atoms with Gasteiger partial charge in [0, 0.05) is 43.5 Å². The molecule has 0 unspecified atom stereocenters. The van der Waals surface area contributed by atoms with E-state index in [1.807, 2.05) is 31.8 Å². The Kier molecular flexibility index (Phi) is 3.87. The third-order valence-corrected chi connectivity index (χ3v) is 3.30. The summed E-state index contributed by atoms with van der Waals surface area (Å²) in [6.07, 6.45) is 2.82. The minimum atomic E-state index is 0.315. The number of rotatable bonds is 5. The van der Waals surface area contributed by atoms with Crippen LogP contribution < -0.4 is 5.32 Å². The first kappa shape index (κ1) is 12.9. The van der Waals surface area contributed by atoms with Crippen LogP contribution in [0.1, 0.15) is 35.7 Å². The zero-order chi connectivity index (χ0) is 13.1. The van der Waals surface area contributed by atoms with Gasteiger partial charge in [-0.3, -0.25) is 4.68 Å². The zero-order valence-electron chi connectivity index (χ0n) is 11.5. The van der Waals surface area contributed by atoms with E-state index < -0.39 is 0 Å². The Bertz CT molecular complexity index is 513. The first-order valence-electron chi connectivity index (χ1n) is 6.35. The summed E-state index contributed by atoms with van der Waals surface area (Å²) in [4.78, 5) is 0. The second-order valence-electron chi connectivity index (χ2n) is 4.74. The number of hydrogen-bond donors (Lipinski definition) is 1. The van der Waals surface area contributed by atoms with Gasteiger partial charge >= 0.3 is 0 Å². The van der Waals surface area contributed by atoms with E-state index in [4.69, 9.17) is 4.42 Å². The van der Waals surface area contributed by atoms with Crippen molar-refractivity contribution in [2.24, 2.45) is 7.05 Å². The van der Waals surface area contributed by atoms with Crippen LogP contribution in [0.15, 0.2) is 22.7 Å². The van der Waals surface area contributed by atoms with Crippen molar-refractivity contribution in [1.82, 2.24) is 15.1 Å². The summed E-state index contributed by atoms with van der Waals surface area (Å²) in [6, 6.07) is 4.48. The molecule has 2 aromatic heterocycles. The number of hydrogen-bond acceptors (Lipinski definition) is 3. The van der Waals surface area contributed by atoms with Crippen molar-refractivity contribution in [3.63, 3.8) is 0 Å². The molecule has 4 nitrogen and oxygen atoms in total. The molecule has 1 atom stereocenters. The van der Waals surface area contributed by atoms with Crippen LogP contribution in [0, 0.1) is 13.8 Å². The third kappa shape index (κ3) is 2.82. The van der Waals surface area contributed by atoms with Gasteiger partial charge in [0.2, 0.25) is 0 Å². The quantitative estimate of drug-likeness (QED) is 0.883. The SMILES string of the molecule is Cc1cc([C@H](C)NCCc2ccnn2C)c(C)o1. The molecular formula is C14H21N3O. The van der Waals surface area contributed by atoms with Crippen LogP contribution in [-0.4, -0.2) is 16.3 Å². The Hall–Kier alpha value is -1.55. The van der Waals surface area contributed by atoms with Gasteiger partial charge in [0.25, 0.3) is 0 Å². The first-order chi connectivity index (χ1) is 8.58. The molecule has 0 saturated carbocycles. The molecule has 98 valence electrons. The van der Waals surface area contributed by atoms with E-state index in [0.717, 1.165) is 24.5 Å².